The third kappa shape index (κ3) is 5.98. The van der Waals surface area contributed by atoms with Crippen molar-refractivity contribution >= 4 is 34.9 Å². The lowest BCUT2D eigenvalue weighted by atomic mass is 10.0. The van der Waals surface area contributed by atoms with Crippen LogP contribution < -0.4 is 16.8 Å². The zero-order valence-corrected chi connectivity index (χ0v) is 20.6. The summed E-state index contributed by atoms with van der Waals surface area (Å²) < 4.78 is 31.0. The van der Waals surface area contributed by atoms with Gasteiger partial charge in [-0.15, -0.1) is 0 Å². The van der Waals surface area contributed by atoms with Crippen LogP contribution in [0, 0.1) is 11.6 Å². The van der Waals surface area contributed by atoms with E-state index in [1.165, 1.54) is 59.6 Å². The number of anilines is 1. The number of aromatic nitrogens is 2. The largest absolute Gasteiger partial charge is 0.395 e. The Bertz CT molecular complexity index is 1450. The highest BCUT2D eigenvalue weighted by atomic mass is 32.1. The molecule has 0 saturated carbocycles. The number of hydrogen-bond acceptors (Lipinski definition) is 7. The van der Waals surface area contributed by atoms with Crippen LogP contribution in [-0.2, 0) is 17.9 Å². The summed E-state index contributed by atoms with van der Waals surface area (Å²) in [5, 5.41) is 2.76. The molecule has 38 heavy (non-hydrogen) atoms. The Kier molecular flexibility index (Phi) is 8.02. The predicted octanol–water partition coefficient (Wildman–Crippen LogP) is 3.20. The number of benzene rings is 2. The average Bonchev–Trinajstić information content (AvgIpc) is 3.30. The van der Waals surface area contributed by atoms with Crippen LogP contribution in [0.15, 0.2) is 73.1 Å². The second-order valence-electron chi connectivity index (χ2n) is 8.23. The molecule has 1 atom stereocenters. The highest BCUT2D eigenvalue weighted by Crippen LogP contribution is 2.30. The molecule has 2 heterocycles. The van der Waals surface area contributed by atoms with E-state index in [0.29, 0.717) is 28.2 Å². The highest BCUT2D eigenvalue weighted by Gasteiger charge is 2.35. The number of primary amides is 1. The normalized spacial score (nSPS) is 11.5. The number of nitrogens with two attached hydrogens (primary N) is 2. The number of halogens is 2. The number of nitrogen functional groups attached to an aromatic ring is 1. The second-order valence-corrected chi connectivity index (χ2v) is 9.00. The summed E-state index contributed by atoms with van der Waals surface area (Å²) in [7, 11) is 0. The number of carbonyl (C=O) groups is 3. The van der Waals surface area contributed by atoms with Crippen molar-refractivity contribution in [3.8, 4) is 0 Å². The van der Waals surface area contributed by atoms with Gasteiger partial charge in [0.1, 0.15) is 22.6 Å². The summed E-state index contributed by atoms with van der Waals surface area (Å²) in [6, 6.07) is 12.8. The zero-order chi connectivity index (χ0) is 27.2. The van der Waals surface area contributed by atoms with Gasteiger partial charge in [-0.25, -0.2) is 8.78 Å². The van der Waals surface area contributed by atoms with Gasteiger partial charge in [0.05, 0.1) is 5.69 Å². The van der Waals surface area contributed by atoms with Crippen molar-refractivity contribution in [3.63, 3.8) is 0 Å². The van der Waals surface area contributed by atoms with Gasteiger partial charge in [-0.3, -0.25) is 19.4 Å². The van der Waals surface area contributed by atoms with Crippen molar-refractivity contribution < 1.29 is 23.2 Å². The third-order valence-electron chi connectivity index (χ3n) is 5.62. The van der Waals surface area contributed by atoms with Crippen molar-refractivity contribution in [3.05, 3.63) is 112 Å². The van der Waals surface area contributed by atoms with E-state index in [4.69, 9.17) is 11.5 Å². The molecule has 2 aromatic carbocycles. The van der Waals surface area contributed by atoms with Crippen LogP contribution in [0.2, 0.25) is 0 Å². The van der Waals surface area contributed by atoms with Crippen LogP contribution in [0.1, 0.15) is 42.9 Å². The number of amides is 3. The maximum absolute atomic E-state index is 13.9. The van der Waals surface area contributed by atoms with Gasteiger partial charge < -0.3 is 21.7 Å². The Hall–Kier alpha value is -4.71. The summed E-state index contributed by atoms with van der Waals surface area (Å²) >= 11 is 0.680. The van der Waals surface area contributed by atoms with Crippen molar-refractivity contribution in [1.29, 1.82) is 0 Å². The van der Waals surface area contributed by atoms with E-state index in [-0.39, 0.29) is 29.3 Å². The maximum Gasteiger partial charge on any atom is 0.270 e. The fourth-order valence-corrected chi connectivity index (χ4v) is 4.50. The Balaban J connectivity index is 1.75. The Morgan fingerprint density at radius 3 is 2.21 bits per heavy atom. The van der Waals surface area contributed by atoms with E-state index >= 15 is 0 Å². The minimum absolute atomic E-state index is 0.0419. The van der Waals surface area contributed by atoms with E-state index < -0.39 is 35.4 Å². The van der Waals surface area contributed by atoms with Crippen LogP contribution >= 0.6 is 11.5 Å². The molecule has 0 saturated heterocycles. The first-order chi connectivity index (χ1) is 18.2. The molecule has 4 aromatic rings. The van der Waals surface area contributed by atoms with Gasteiger partial charge in [0.15, 0.2) is 5.69 Å². The highest BCUT2D eigenvalue weighted by molar-refractivity contribution is 7.09. The molecule has 0 spiro atoms. The lowest BCUT2D eigenvalue weighted by molar-refractivity contribution is -0.126. The fraction of sp³-hybridized carbons (Fsp3) is 0.115. The lowest BCUT2D eigenvalue weighted by Gasteiger charge is -2.31. The quantitative estimate of drug-likeness (QED) is 0.300. The molecule has 0 aliphatic carbocycles. The molecule has 4 rings (SSSR count). The number of nitrogens with zero attached hydrogens (tertiary/aromatic N) is 3. The first kappa shape index (κ1) is 26.4. The van der Waals surface area contributed by atoms with E-state index in [2.05, 4.69) is 14.7 Å². The minimum atomic E-state index is -1.25. The molecule has 0 fully saturated rings. The van der Waals surface area contributed by atoms with Crippen LogP contribution in [0.25, 0.3) is 0 Å². The van der Waals surface area contributed by atoms with Crippen molar-refractivity contribution in [1.82, 2.24) is 19.6 Å². The van der Waals surface area contributed by atoms with Gasteiger partial charge in [0, 0.05) is 25.5 Å². The molecule has 0 aliphatic rings. The smallest absolute Gasteiger partial charge is 0.270 e. The molecule has 0 aliphatic heterocycles. The van der Waals surface area contributed by atoms with Gasteiger partial charge in [-0.05, 0) is 58.6 Å². The summed E-state index contributed by atoms with van der Waals surface area (Å²) in [4.78, 5) is 44.4. The van der Waals surface area contributed by atoms with E-state index in [0.717, 1.165) is 0 Å². The lowest BCUT2D eigenvalue weighted by Crippen LogP contribution is -2.43. The molecule has 0 unspecified atom stereocenters. The minimum Gasteiger partial charge on any atom is -0.395 e. The van der Waals surface area contributed by atoms with Crippen molar-refractivity contribution in [2.24, 2.45) is 5.73 Å². The van der Waals surface area contributed by atoms with E-state index in [9.17, 15) is 23.2 Å². The number of hydrogen-bond donors (Lipinski definition) is 3. The van der Waals surface area contributed by atoms with E-state index in [1.54, 1.807) is 18.3 Å². The Morgan fingerprint density at radius 1 is 0.974 bits per heavy atom. The molecule has 3 amide bonds. The van der Waals surface area contributed by atoms with Crippen LogP contribution in [0.5, 0.6) is 0 Å². The van der Waals surface area contributed by atoms with Crippen LogP contribution in [-0.4, -0.2) is 32.0 Å². The molecule has 194 valence electrons. The number of carbonyl (C=O) groups excluding carboxylic acids is 3. The van der Waals surface area contributed by atoms with Gasteiger partial charge in [-0.1, -0.05) is 30.3 Å². The zero-order valence-electron chi connectivity index (χ0n) is 19.8. The fourth-order valence-electron chi connectivity index (χ4n) is 3.73. The van der Waals surface area contributed by atoms with Crippen molar-refractivity contribution in [2.75, 3.05) is 5.73 Å². The van der Waals surface area contributed by atoms with Crippen LogP contribution in [0.4, 0.5) is 14.5 Å². The first-order valence-electron chi connectivity index (χ1n) is 11.3. The van der Waals surface area contributed by atoms with Gasteiger partial charge in [0.25, 0.3) is 11.8 Å². The molecule has 0 bridgehead atoms. The molecule has 5 N–H and O–H groups in total. The topological polar surface area (TPSA) is 144 Å². The van der Waals surface area contributed by atoms with E-state index in [1.807, 2.05) is 0 Å². The number of rotatable bonds is 9. The standard InChI is InChI=1S/C26H22F2N6O3S/c27-18-7-3-15(4-8-18)13-32-25(36)22(17-5-9-19(28)10-6-17)34(14-16-2-1-11-31-12-16)26(37)23-20(29)21(24(30)35)33-38-23/h1-12,22H,13-14,29H2,(H2,30,35)(H,32,36)/t22-/m0/s1. The average molecular weight is 537 g/mol. The van der Waals surface area contributed by atoms with Crippen molar-refractivity contribution in [2.45, 2.75) is 19.1 Å². The maximum atomic E-state index is 13.9. The van der Waals surface area contributed by atoms with Gasteiger partial charge >= 0.3 is 0 Å². The van der Waals surface area contributed by atoms with Gasteiger partial charge in [-0.2, -0.15) is 4.37 Å². The number of nitrogens with one attached hydrogen (secondary N) is 1. The summed E-state index contributed by atoms with van der Waals surface area (Å²) in [6.45, 7) is -0.0395. The Morgan fingerprint density at radius 2 is 1.63 bits per heavy atom. The number of pyridine rings is 1. The molecule has 0 radical (unpaired) electrons. The summed E-state index contributed by atoms with van der Waals surface area (Å²) in [5.41, 5.74) is 12.4. The summed E-state index contributed by atoms with van der Waals surface area (Å²) in [6.07, 6.45) is 3.09. The molecule has 9 nitrogen and oxygen atoms in total. The predicted molar refractivity (Wildman–Crippen MR) is 137 cm³/mol. The third-order valence-corrected chi connectivity index (χ3v) is 6.47. The summed E-state index contributed by atoms with van der Waals surface area (Å²) in [5.74, 6) is -3.13. The SMILES string of the molecule is NC(=O)c1nsc(C(=O)N(Cc2cccnc2)[C@H](C(=O)NCc2ccc(F)cc2)c2ccc(F)cc2)c1N. The molecular weight excluding hydrogens is 514 g/mol. The monoisotopic (exact) mass is 536 g/mol. The first-order valence-corrected chi connectivity index (χ1v) is 12.0. The Labute approximate surface area is 220 Å². The van der Waals surface area contributed by atoms with Gasteiger partial charge in [0.2, 0.25) is 5.91 Å². The molecule has 2 aromatic heterocycles. The van der Waals surface area contributed by atoms with Crippen LogP contribution in [0.3, 0.4) is 0 Å². The molecular formula is C26H22F2N6O3S. The molecule has 12 heteroatoms. The second kappa shape index (κ2) is 11.6.